The summed E-state index contributed by atoms with van der Waals surface area (Å²) in [6.07, 6.45) is 3.06. The van der Waals surface area contributed by atoms with E-state index in [0.717, 1.165) is 23.9 Å². The van der Waals surface area contributed by atoms with Gasteiger partial charge in [0.05, 0.1) is 10.5 Å². The molecule has 1 heterocycles. The van der Waals surface area contributed by atoms with Gasteiger partial charge in [-0.25, -0.2) is 13.6 Å². The fourth-order valence-corrected chi connectivity index (χ4v) is 3.73. The lowest BCUT2D eigenvalue weighted by atomic mass is 10.2. The molecule has 26 heavy (non-hydrogen) atoms. The average Bonchev–Trinajstić information content (AvgIpc) is 2.97. The third kappa shape index (κ3) is 3.82. The highest BCUT2D eigenvalue weighted by atomic mass is 79.9. The number of anilines is 1. The lowest BCUT2D eigenvalue weighted by Crippen LogP contribution is -2.16. The maximum absolute atomic E-state index is 12.6. The van der Waals surface area contributed by atoms with Crippen LogP contribution < -0.4 is 10.5 Å². The Kier molecular flexibility index (Phi) is 5.17. The van der Waals surface area contributed by atoms with Crippen molar-refractivity contribution in [1.29, 1.82) is 0 Å². The van der Waals surface area contributed by atoms with Gasteiger partial charge in [0, 0.05) is 33.8 Å². The van der Waals surface area contributed by atoms with Gasteiger partial charge in [-0.3, -0.25) is 4.79 Å². The van der Waals surface area contributed by atoms with Gasteiger partial charge >= 0.3 is 0 Å². The molecular formula is C18H18BrN3O3S. The number of hydrogen-bond donors (Lipinski definition) is 2. The molecule has 0 saturated carbocycles. The lowest BCUT2D eigenvalue weighted by Gasteiger charge is -2.09. The van der Waals surface area contributed by atoms with Crippen LogP contribution in [0.4, 0.5) is 5.69 Å². The zero-order valence-corrected chi connectivity index (χ0v) is 16.5. The van der Waals surface area contributed by atoms with E-state index < -0.39 is 15.9 Å². The summed E-state index contributed by atoms with van der Waals surface area (Å²) in [7, 11) is -3.88. The number of primary sulfonamides is 1. The molecule has 0 spiro atoms. The number of nitrogens with two attached hydrogens (primary N) is 1. The van der Waals surface area contributed by atoms with Crippen molar-refractivity contribution < 1.29 is 13.2 Å². The van der Waals surface area contributed by atoms with Crippen molar-refractivity contribution in [3.8, 4) is 0 Å². The molecule has 0 unspecified atom stereocenters. The van der Waals surface area contributed by atoms with E-state index >= 15 is 0 Å². The summed E-state index contributed by atoms with van der Waals surface area (Å²) < 4.78 is 25.7. The van der Waals surface area contributed by atoms with Crippen LogP contribution in [0.25, 0.3) is 10.9 Å². The molecule has 8 heteroatoms. The first-order valence-corrected chi connectivity index (χ1v) is 10.4. The van der Waals surface area contributed by atoms with E-state index in [4.69, 9.17) is 5.14 Å². The second-order valence-corrected chi connectivity index (χ2v) is 8.34. The molecule has 1 aromatic heterocycles. The molecule has 0 aliphatic rings. The molecule has 3 rings (SSSR count). The fourth-order valence-electron chi connectivity index (χ4n) is 2.77. The van der Waals surface area contributed by atoms with Crippen LogP contribution in [0.3, 0.4) is 0 Å². The summed E-state index contributed by atoms with van der Waals surface area (Å²) in [5.41, 5.74) is 1.92. The quantitative estimate of drug-likeness (QED) is 0.639. The molecule has 3 aromatic rings. The molecule has 2 aromatic carbocycles. The van der Waals surface area contributed by atoms with Gasteiger partial charge in [0.2, 0.25) is 10.0 Å². The van der Waals surface area contributed by atoms with E-state index in [1.54, 1.807) is 0 Å². The predicted octanol–water partition coefficient (Wildman–Crippen LogP) is 3.71. The molecular weight excluding hydrogens is 418 g/mol. The Morgan fingerprint density at radius 2 is 1.96 bits per heavy atom. The van der Waals surface area contributed by atoms with Crippen molar-refractivity contribution in [1.82, 2.24) is 4.57 Å². The Hall–Kier alpha value is -2.16. The highest BCUT2D eigenvalue weighted by Gasteiger charge is 2.16. The van der Waals surface area contributed by atoms with Gasteiger partial charge in [0.25, 0.3) is 5.91 Å². The van der Waals surface area contributed by atoms with Crippen molar-refractivity contribution in [3.05, 3.63) is 58.7 Å². The summed E-state index contributed by atoms with van der Waals surface area (Å²) in [6.45, 7) is 3.05. The van der Waals surface area contributed by atoms with Crippen LogP contribution in [0.1, 0.15) is 23.7 Å². The SMILES string of the molecule is CCCn1ccc2cc(NC(=O)c3cc(S(N)(=O)=O)ccc3Br)ccc21. The minimum Gasteiger partial charge on any atom is -0.347 e. The maximum atomic E-state index is 12.6. The standard InChI is InChI=1S/C18H18BrN3O3S/c1-2-8-22-9-7-12-10-13(3-6-17(12)22)21-18(23)15-11-14(26(20,24)25)4-5-16(15)19/h3-7,9-11H,2,8H2,1H3,(H,21,23)(H2,20,24,25). The van der Waals surface area contributed by atoms with E-state index in [9.17, 15) is 13.2 Å². The molecule has 0 bridgehead atoms. The Balaban J connectivity index is 1.89. The zero-order chi connectivity index (χ0) is 18.9. The third-order valence-electron chi connectivity index (χ3n) is 4.00. The fraction of sp³-hybridized carbons (Fsp3) is 0.167. The Bertz CT molecular complexity index is 1090. The zero-order valence-electron chi connectivity index (χ0n) is 14.1. The number of sulfonamides is 1. The molecule has 0 fully saturated rings. The van der Waals surface area contributed by atoms with Crippen LogP contribution in [0.2, 0.25) is 0 Å². The van der Waals surface area contributed by atoms with Crippen molar-refractivity contribution in [2.24, 2.45) is 5.14 Å². The Morgan fingerprint density at radius 1 is 1.19 bits per heavy atom. The first-order valence-electron chi connectivity index (χ1n) is 8.02. The van der Waals surface area contributed by atoms with Crippen LogP contribution in [0.15, 0.2) is 58.0 Å². The Labute approximate surface area is 160 Å². The summed E-state index contributed by atoms with van der Waals surface area (Å²) >= 11 is 3.27. The van der Waals surface area contributed by atoms with Crippen LogP contribution in [0, 0.1) is 0 Å². The first-order chi connectivity index (χ1) is 12.3. The van der Waals surface area contributed by atoms with E-state index in [1.165, 1.54) is 18.2 Å². The molecule has 0 aliphatic heterocycles. The highest BCUT2D eigenvalue weighted by Crippen LogP contribution is 2.24. The van der Waals surface area contributed by atoms with Crippen LogP contribution in [0.5, 0.6) is 0 Å². The van der Waals surface area contributed by atoms with Crippen molar-refractivity contribution in [2.75, 3.05) is 5.32 Å². The number of aromatic nitrogens is 1. The number of rotatable bonds is 5. The minimum atomic E-state index is -3.88. The summed E-state index contributed by atoms with van der Waals surface area (Å²) in [6, 6.07) is 11.8. The second-order valence-electron chi connectivity index (χ2n) is 5.92. The minimum absolute atomic E-state index is 0.113. The van der Waals surface area contributed by atoms with Gasteiger partial charge < -0.3 is 9.88 Å². The maximum Gasteiger partial charge on any atom is 0.256 e. The first kappa shape index (κ1) is 18.6. The smallest absolute Gasteiger partial charge is 0.256 e. The van der Waals surface area contributed by atoms with Crippen molar-refractivity contribution >= 4 is 48.5 Å². The number of nitrogens with one attached hydrogen (secondary N) is 1. The van der Waals surface area contributed by atoms with Gasteiger partial charge in [-0.1, -0.05) is 6.92 Å². The molecule has 0 aliphatic carbocycles. The number of carbonyl (C=O) groups excluding carboxylic acids is 1. The molecule has 3 N–H and O–H groups in total. The number of aryl methyl sites for hydroxylation is 1. The van der Waals surface area contributed by atoms with Crippen molar-refractivity contribution in [2.45, 2.75) is 24.8 Å². The number of benzene rings is 2. The molecule has 0 atom stereocenters. The van der Waals surface area contributed by atoms with Crippen LogP contribution in [-0.4, -0.2) is 18.9 Å². The molecule has 6 nitrogen and oxygen atoms in total. The summed E-state index contributed by atoms with van der Waals surface area (Å²) in [4.78, 5) is 12.5. The highest BCUT2D eigenvalue weighted by molar-refractivity contribution is 9.10. The van der Waals surface area contributed by atoms with Crippen LogP contribution in [-0.2, 0) is 16.6 Å². The monoisotopic (exact) mass is 435 g/mol. The number of carbonyl (C=O) groups is 1. The summed E-state index contributed by atoms with van der Waals surface area (Å²) in [5, 5.41) is 8.96. The van der Waals surface area contributed by atoms with Gasteiger partial charge in [-0.2, -0.15) is 0 Å². The van der Waals surface area contributed by atoms with Gasteiger partial charge in [-0.05, 0) is 64.8 Å². The number of fused-ring (bicyclic) bond motifs is 1. The van der Waals surface area contributed by atoms with Gasteiger partial charge in [0.15, 0.2) is 0 Å². The molecule has 1 amide bonds. The second kappa shape index (κ2) is 7.22. The molecule has 0 radical (unpaired) electrons. The number of nitrogens with zero attached hydrogens (tertiary/aromatic N) is 1. The lowest BCUT2D eigenvalue weighted by molar-refractivity contribution is 0.102. The Morgan fingerprint density at radius 3 is 2.65 bits per heavy atom. The number of hydrogen-bond acceptors (Lipinski definition) is 3. The summed E-state index contributed by atoms with van der Waals surface area (Å²) in [5.74, 6) is -0.422. The topological polar surface area (TPSA) is 94.2 Å². The van der Waals surface area contributed by atoms with Crippen LogP contribution >= 0.6 is 15.9 Å². The van der Waals surface area contributed by atoms with E-state index in [-0.39, 0.29) is 10.5 Å². The average molecular weight is 436 g/mol. The van der Waals surface area contributed by atoms with E-state index in [2.05, 4.69) is 32.7 Å². The molecule has 0 saturated heterocycles. The van der Waals surface area contributed by atoms with Gasteiger partial charge in [-0.15, -0.1) is 0 Å². The van der Waals surface area contributed by atoms with Crippen molar-refractivity contribution in [3.63, 3.8) is 0 Å². The van der Waals surface area contributed by atoms with E-state index in [0.29, 0.717) is 10.2 Å². The van der Waals surface area contributed by atoms with Gasteiger partial charge in [0.1, 0.15) is 0 Å². The molecule has 136 valence electrons. The predicted molar refractivity (Wildman–Crippen MR) is 106 cm³/mol. The largest absolute Gasteiger partial charge is 0.347 e. The normalized spacial score (nSPS) is 11.7. The third-order valence-corrected chi connectivity index (χ3v) is 5.61. The number of halogens is 1. The van der Waals surface area contributed by atoms with E-state index in [1.807, 2.05) is 30.5 Å². The number of amides is 1.